The summed E-state index contributed by atoms with van der Waals surface area (Å²) in [6, 6.07) is 6.93. The monoisotopic (exact) mass is 285 g/mol. The second kappa shape index (κ2) is 5.85. The van der Waals surface area contributed by atoms with E-state index in [2.05, 4.69) is 4.98 Å². The maximum absolute atomic E-state index is 10.00. The molecule has 96 valence electrons. The average molecular weight is 286 g/mol. The van der Waals surface area contributed by atoms with Crippen molar-refractivity contribution in [2.24, 2.45) is 0 Å². The van der Waals surface area contributed by atoms with Crippen molar-refractivity contribution in [2.45, 2.75) is 18.6 Å². The Labute approximate surface area is 115 Å². The topological polar surface area (TPSA) is 53.4 Å². The van der Waals surface area contributed by atoms with Gasteiger partial charge in [0.1, 0.15) is 6.10 Å². The Bertz CT molecular complexity index is 548. The summed E-state index contributed by atoms with van der Waals surface area (Å²) >= 11 is 11.6. The molecule has 1 aromatic heterocycles. The fourth-order valence-electron chi connectivity index (χ4n) is 1.81. The number of rotatable bonds is 4. The molecule has 0 bridgehead atoms. The lowest BCUT2D eigenvalue weighted by Crippen LogP contribution is -2.18. The van der Waals surface area contributed by atoms with Gasteiger partial charge in [-0.1, -0.05) is 17.7 Å². The van der Waals surface area contributed by atoms with E-state index in [0.29, 0.717) is 22.9 Å². The summed E-state index contributed by atoms with van der Waals surface area (Å²) in [7, 11) is 0. The van der Waals surface area contributed by atoms with E-state index in [9.17, 15) is 10.2 Å². The van der Waals surface area contributed by atoms with Crippen LogP contribution in [-0.4, -0.2) is 27.2 Å². The molecular weight excluding hydrogens is 273 g/mol. The zero-order valence-corrected chi connectivity index (χ0v) is 11.1. The highest BCUT2D eigenvalue weighted by Gasteiger charge is 2.18. The Morgan fingerprint density at radius 2 is 2.00 bits per heavy atom. The second-order valence-corrected chi connectivity index (χ2v) is 4.84. The van der Waals surface area contributed by atoms with Gasteiger partial charge >= 0.3 is 0 Å². The van der Waals surface area contributed by atoms with Gasteiger partial charge in [0, 0.05) is 17.5 Å². The van der Waals surface area contributed by atoms with Crippen LogP contribution in [0.25, 0.3) is 10.9 Å². The first-order valence-electron chi connectivity index (χ1n) is 5.59. The molecule has 0 fully saturated rings. The van der Waals surface area contributed by atoms with Crippen LogP contribution in [0.1, 0.15) is 18.1 Å². The first-order chi connectivity index (χ1) is 8.63. The number of pyridine rings is 1. The van der Waals surface area contributed by atoms with E-state index in [-0.39, 0.29) is 0 Å². The Morgan fingerprint density at radius 1 is 1.22 bits per heavy atom. The van der Waals surface area contributed by atoms with Gasteiger partial charge in [-0.2, -0.15) is 0 Å². The van der Waals surface area contributed by atoms with Gasteiger partial charge in [0.05, 0.1) is 16.6 Å². The van der Waals surface area contributed by atoms with Gasteiger partial charge in [-0.05, 0) is 30.2 Å². The maximum atomic E-state index is 10.00. The molecule has 2 aromatic rings. The van der Waals surface area contributed by atoms with Crippen molar-refractivity contribution in [3.63, 3.8) is 0 Å². The molecule has 2 atom stereocenters. The molecule has 0 aliphatic heterocycles. The van der Waals surface area contributed by atoms with Gasteiger partial charge in [0.25, 0.3) is 0 Å². The number of halogens is 2. The second-order valence-electron chi connectivity index (χ2n) is 4.06. The normalized spacial score (nSPS) is 14.7. The number of hydrogen-bond acceptors (Lipinski definition) is 3. The fraction of sp³-hybridized carbons (Fsp3) is 0.308. The van der Waals surface area contributed by atoms with Crippen LogP contribution >= 0.6 is 23.2 Å². The molecule has 1 aromatic carbocycles. The predicted octanol–water partition coefficient (Wildman–Crippen LogP) is 2.91. The zero-order chi connectivity index (χ0) is 13.1. The Hall–Kier alpha value is -0.870. The third kappa shape index (κ3) is 2.75. The van der Waals surface area contributed by atoms with Crippen molar-refractivity contribution >= 4 is 34.1 Å². The van der Waals surface area contributed by atoms with Crippen LogP contribution in [0.2, 0.25) is 5.02 Å². The average Bonchev–Trinajstić information content (AvgIpc) is 2.38. The molecule has 0 radical (unpaired) electrons. The lowest BCUT2D eigenvalue weighted by atomic mass is 10.0. The Kier molecular flexibility index (Phi) is 4.40. The molecule has 0 saturated heterocycles. The van der Waals surface area contributed by atoms with E-state index in [4.69, 9.17) is 23.2 Å². The van der Waals surface area contributed by atoms with Gasteiger partial charge in [0.15, 0.2) is 0 Å². The summed E-state index contributed by atoms with van der Waals surface area (Å²) in [5, 5.41) is 21.1. The van der Waals surface area contributed by atoms with Crippen molar-refractivity contribution < 1.29 is 10.2 Å². The van der Waals surface area contributed by atoms with Crippen LogP contribution in [0.15, 0.2) is 30.5 Å². The lowest BCUT2D eigenvalue weighted by Gasteiger charge is -2.17. The standard InChI is InChI=1S/C13H13Cl2NO2/c14-5-3-12(17)13(18)8-1-2-11-9(7-8)10(15)4-6-16-11/h1-2,4,6-7,12-13,17-18H,3,5H2. The van der Waals surface area contributed by atoms with Crippen LogP contribution < -0.4 is 0 Å². The first-order valence-corrected chi connectivity index (χ1v) is 6.51. The molecule has 0 saturated carbocycles. The van der Waals surface area contributed by atoms with E-state index >= 15 is 0 Å². The van der Waals surface area contributed by atoms with Crippen LogP contribution in [-0.2, 0) is 0 Å². The molecule has 0 spiro atoms. The first kappa shape index (κ1) is 13.6. The highest BCUT2D eigenvalue weighted by atomic mass is 35.5. The Morgan fingerprint density at radius 3 is 2.72 bits per heavy atom. The van der Waals surface area contributed by atoms with Crippen molar-refractivity contribution in [3.8, 4) is 0 Å². The minimum Gasteiger partial charge on any atom is -0.390 e. The van der Waals surface area contributed by atoms with E-state index in [1.807, 2.05) is 0 Å². The van der Waals surface area contributed by atoms with Crippen LogP contribution in [0.4, 0.5) is 0 Å². The van der Waals surface area contributed by atoms with Gasteiger partial charge in [-0.15, -0.1) is 11.6 Å². The molecular formula is C13H13Cl2NO2. The number of alkyl halides is 1. The minimum atomic E-state index is -0.968. The molecule has 2 rings (SSSR count). The number of hydrogen-bond donors (Lipinski definition) is 2. The third-order valence-electron chi connectivity index (χ3n) is 2.82. The van der Waals surface area contributed by atoms with Crippen molar-refractivity contribution in [3.05, 3.63) is 41.0 Å². The van der Waals surface area contributed by atoms with E-state index in [1.54, 1.807) is 30.5 Å². The summed E-state index contributed by atoms with van der Waals surface area (Å²) in [5.41, 5.74) is 1.36. The number of benzene rings is 1. The van der Waals surface area contributed by atoms with Crippen LogP contribution in [0.5, 0.6) is 0 Å². The molecule has 1 heterocycles. The zero-order valence-electron chi connectivity index (χ0n) is 9.55. The smallest absolute Gasteiger partial charge is 0.105 e. The van der Waals surface area contributed by atoms with Crippen molar-refractivity contribution in [1.29, 1.82) is 0 Å². The molecule has 0 amide bonds. The molecule has 18 heavy (non-hydrogen) atoms. The molecule has 3 nitrogen and oxygen atoms in total. The van der Waals surface area contributed by atoms with E-state index in [0.717, 1.165) is 10.9 Å². The molecule has 5 heteroatoms. The number of nitrogens with zero attached hydrogens (tertiary/aromatic N) is 1. The quantitative estimate of drug-likeness (QED) is 0.850. The third-order valence-corrected chi connectivity index (χ3v) is 3.37. The van der Waals surface area contributed by atoms with Crippen molar-refractivity contribution in [2.75, 3.05) is 5.88 Å². The summed E-state index contributed by atoms with van der Waals surface area (Å²) in [6.07, 6.45) is 0.116. The summed E-state index contributed by atoms with van der Waals surface area (Å²) in [4.78, 5) is 4.17. The van der Waals surface area contributed by atoms with Crippen LogP contribution in [0, 0.1) is 0 Å². The minimum absolute atomic E-state index is 0.300. The van der Waals surface area contributed by atoms with Gasteiger partial charge in [-0.3, -0.25) is 4.98 Å². The molecule has 0 aliphatic rings. The number of aliphatic hydroxyl groups is 2. The fourth-order valence-corrected chi connectivity index (χ4v) is 2.24. The van der Waals surface area contributed by atoms with E-state index < -0.39 is 12.2 Å². The Balaban J connectivity index is 2.37. The number of aliphatic hydroxyl groups excluding tert-OH is 2. The van der Waals surface area contributed by atoms with Crippen molar-refractivity contribution in [1.82, 2.24) is 4.98 Å². The largest absolute Gasteiger partial charge is 0.390 e. The summed E-state index contributed by atoms with van der Waals surface area (Å²) in [5.74, 6) is 0.300. The number of fused-ring (bicyclic) bond motifs is 1. The van der Waals surface area contributed by atoms with Crippen LogP contribution in [0.3, 0.4) is 0 Å². The molecule has 0 aliphatic carbocycles. The summed E-state index contributed by atoms with van der Waals surface area (Å²) < 4.78 is 0. The highest BCUT2D eigenvalue weighted by Crippen LogP contribution is 2.27. The van der Waals surface area contributed by atoms with Gasteiger partial charge in [0.2, 0.25) is 0 Å². The van der Waals surface area contributed by atoms with Gasteiger partial charge < -0.3 is 10.2 Å². The highest BCUT2D eigenvalue weighted by molar-refractivity contribution is 6.35. The maximum Gasteiger partial charge on any atom is 0.105 e. The number of aromatic nitrogens is 1. The van der Waals surface area contributed by atoms with Gasteiger partial charge in [-0.25, -0.2) is 0 Å². The SMILES string of the molecule is OC(CCCl)C(O)c1ccc2nccc(Cl)c2c1. The lowest BCUT2D eigenvalue weighted by molar-refractivity contribution is 0.0171. The predicted molar refractivity (Wildman–Crippen MR) is 73.1 cm³/mol. The molecule has 2 N–H and O–H groups in total. The van der Waals surface area contributed by atoms with E-state index in [1.165, 1.54) is 0 Å². The summed E-state index contributed by atoms with van der Waals surface area (Å²) in [6.45, 7) is 0. The molecule has 2 unspecified atom stereocenters.